The van der Waals surface area contributed by atoms with Crippen LogP contribution in [0, 0.1) is 5.82 Å². The molecule has 0 bridgehead atoms. The zero-order valence-electron chi connectivity index (χ0n) is 19.3. The number of anilines is 2. The van der Waals surface area contributed by atoms with E-state index < -0.39 is 12.2 Å². The summed E-state index contributed by atoms with van der Waals surface area (Å²) in [6, 6.07) is 8.00. The summed E-state index contributed by atoms with van der Waals surface area (Å²) in [7, 11) is 0. The number of nitrogens with two attached hydrogens (primary N) is 2. The van der Waals surface area contributed by atoms with Crippen molar-refractivity contribution in [2.45, 2.75) is 31.5 Å². The smallest absolute Gasteiger partial charge is 0.345 e. The zero-order valence-corrected chi connectivity index (χ0v) is 19.3. The molecule has 0 unspecified atom stereocenters. The standard InChI is InChI=1S/C24H25F3N8O/c25-17-4-2-15(3-5-17)18-8-16(10-35-14-33-20-21(28)31-13-32-22(20)35)19(9-30-18)34-7-1-6-24(29,11-34)12-36-23(26)27/h2-5,8-9,13-14,23H,1,6-7,10-12,29H2,(H2,28,31,32)/t24-/m1/s1. The predicted octanol–water partition coefficient (Wildman–Crippen LogP) is 3.19. The summed E-state index contributed by atoms with van der Waals surface area (Å²) in [4.78, 5) is 19.3. The molecule has 0 spiro atoms. The molecule has 0 saturated carbocycles. The number of benzene rings is 1. The second kappa shape index (κ2) is 9.70. The highest BCUT2D eigenvalue weighted by Crippen LogP contribution is 2.31. The maximum absolute atomic E-state index is 13.5. The lowest BCUT2D eigenvalue weighted by Crippen LogP contribution is -2.57. The SMILES string of the molecule is Nc1ncnc2c1ncn2Cc1cc(-c2ccc(F)cc2)ncc1N1CCC[C@](N)(COC(F)F)C1. The number of alkyl halides is 2. The topological polar surface area (TPSA) is 121 Å². The van der Waals surface area contributed by atoms with Crippen LogP contribution in [0.1, 0.15) is 18.4 Å². The van der Waals surface area contributed by atoms with Crippen LogP contribution in [0.25, 0.3) is 22.4 Å². The van der Waals surface area contributed by atoms with Gasteiger partial charge in [0.2, 0.25) is 0 Å². The number of pyridine rings is 1. The molecule has 1 atom stereocenters. The molecule has 1 aliphatic heterocycles. The second-order valence-corrected chi connectivity index (χ2v) is 8.97. The van der Waals surface area contributed by atoms with Gasteiger partial charge in [-0.15, -0.1) is 0 Å². The first-order valence-electron chi connectivity index (χ1n) is 11.4. The number of fused-ring (bicyclic) bond motifs is 1. The first-order valence-corrected chi connectivity index (χ1v) is 11.4. The van der Waals surface area contributed by atoms with Gasteiger partial charge in [0, 0.05) is 18.7 Å². The summed E-state index contributed by atoms with van der Waals surface area (Å²) in [6.45, 7) is -1.75. The van der Waals surface area contributed by atoms with Crippen molar-refractivity contribution < 1.29 is 17.9 Å². The summed E-state index contributed by atoms with van der Waals surface area (Å²) in [5.74, 6) is -0.0555. The molecule has 1 fully saturated rings. The minimum Gasteiger partial charge on any atom is -0.382 e. The van der Waals surface area contributed by atoms with Gasteiger partial charge < -0.3 is 25.7 Å². The molecule has 36 heavy (non-hydrogen) atoms. The lowest BCUT2D eigenvalue weighted by atomic mass is 9.90. The van der Waals surface area contributed by atoms with Gasteiger partial charge in [0.15, 0.2) is 11.5 Å². The van der Waals surface area contributed by atoms with E-state index in [4.69, 9.17) is 11.5 Å². The fraction of sp³-hybridized carbons (Fsp3) is 0.333. The molecule has 0 amide bonds. The van der Waals surface area contributed by atoms with E-state index in [-0.39, 0.29) is 18.2 Å². The highest BCUT2D eigenvalue weighted by atomic mass is 19.3. The number of nitrogen functional groups attached to an aromatic ring is 1. The van der Waals surface area contributed by atoms with Gasteiger partial charge in [0.05, 0.1) is 42.6 Å². The van der Waals surface area contributed by atoms with Gasteiger partial charge in [-0.25, -0.2) is 19.3 Å². The third-order valence-electron chi connectivity index (χ3n) is 6.32. The van der Waals surface area contributed by atoms with Crippen molar-refractivity contribution in [3.63, 3.8) is 0 Å². The highest BCUT2D eigenvalue weighted by Gasteiger charge is 2.34. The number of ether oxygens (including phenoxy) is 1. The quantitative estimate of drug-likeness (QED) is 0.399. The molecule has 9 nitrogen and oxygen atoms in total. The number of aromatic nitrogens is 5. The van der Waals surface area contributed by atoms with Crippen molar-refractivity contribution in [3.8, 4) is 11.3 Å². The molecule has 1 aliphatic rings. The van der Waals surface area contributed by atoms with E-state index in [9.17, 15) is 13.2 Å². The molecular formula is C24H25F3N8O. The number of nitrogens with zero attached hydrogens (tertiary/aromatic N) is 6. The van der Waals surface area contributed by atoms with E-state index in [1.807, 2.05) is 15.5 Å². The van der Waals surface area contributed by atoms with Crippen LogP contribution in [0.2, 0.25) is 0 Å². The Morgan fingerprint density at radius 1 is 1.11 bits per heavy atom. The Labute approximate surface area is 204 Å². The molecule has 1 aromatic carbocycles. The highest BCUT2D eigenvalue weighted by molar-refractivity contribution is 5.81. The van der Waals surface area contributed by atoms with Gasteiger partial charge in [-0.1, -0.05) is 0 Å². The van der Waals surface area contributed by atoms with Crippen molar-refractivity contribution in [2.75, 3.05) is 30.3 Å². The summed E-state index contributed by atoms with van der Waals surface area (Å²) in [5.41, 5.74) is 15.6. The van der Waals surface area contributed by atoms with E-state index in [1.54, 1.807) is 24.7 Å². The maximum Gasteiger partial charge on any atom is 0.345 e. The van der Waals surface area contributed by atoms with Crippen LogP contribution in [0.5, 0.6) is 0 Å². The fourth-order valence-corrected chi connectivity index (χ4v) is 4.59. The molecular weight excluding hydrogens is 473 g/mol. The Kier molecular flexibility index (Phi) is 6.46. The molecule has 4 aromatic rings. The number of imidazole rings is 1. The number of halogens is 3. The molecule has 0 aliphatic carbocycles. The van der Waals surface area contributed by atoms with Crippen LogP contribution < -0.4 is 16.4 Å². The van der Waals surface area contributed by atoms with E-state index in [0.717, 1.165) is 16.8 Å². The lowest BCUT2D eigenvalue weighted by Gasteiger charge is -2.41. The van der Waals surface area contributed by atoms with Gasteiger partial charge in [-0.2, -0.15) is 8.78 Å². The third kappa shape index (κ3) is 4.95. The molecule has 0 radical (unpaired) electrons. The number of rotatable bonds is 7. The Bertz CT molecular complexity index is 1360. The first-order chi connectivity index (χ1) is 17.3. The third-order valence-corrected chi connectivity index (χ3v) is 6.32. The molecule has 3 aromatic heterocycles. The van der Waals surface area contributed by atoms with Crippen LogP contribution in [-0.2, 0) is 11.3 Å². The van der Waals surface area contributed by atoms with E-state index in [0.29, 0.717) is 49.3 Å². The summed E-state index contributed by atoms with van der Waals surface area (Å²) >= 11 is 0. The van der Waals surface area contributed by atoms with E-state index >= 15 is 0 Å². The summed E-state index contributed by atoms with van der Waals surface area (Å²) in [5, 5.41) is 0. The largest absolute Gasteiger partial charge is 0.382 e. The molecule has 1 saturated heterocycles. The van der Waals surface area contributed by atoms with Crippen molar-refractivity contribution in [1.82, 2.24) is 24.5 Å². The summed E-state index contributed by atoms with van der Waals surface area (Å²) < 4.78 is 45.3. The van der Waals surface area contributed by atoms with E-state index in [1.165, 1.54) is 18.5 Å². The molecule has 5 rings (SSSR count). The molecule has 4 heterocycles. The Balaban J connectivity index is 1.53. The Hall–Kier alpha value is -3.77. The van der Waals surface area contributed by atoms with Gasteiger partial charge >= 0.3 is 6.61 Å². The van der Waals surface area contributed by atoms with E-state index in [2.05, 4.69) is 24.7 Å². The van der Waals surface area contributed by atoms with Crippen molar-refractivity contribution in [2.24, 2.45) is 5.73 Å². The van der Waals surface area contributed by atoms with Crippen LogP contribution in [0.3, 0.4) is 0 Å². The van der Waals surface area contributed by atoms with Crippen LogP contribution in [-0.4, -0.2) is 56.3 Å². The average molecular weight is 499 g/mol. The minimum atomic E-state index is -2.88. The first kappa shape index (κ1) is 23.9. The Morgan fingerprint density at radius 3 is 2.69 bits per heavy atom. The monoisotopic (exact) mass is 498 g/mol. The predicted molar refractivity (Wildman–Crippen MR) is 129 cm³/mol. The Morgan fingerprint density at radius 2 is 1.92 bits per heavy atom. The molecule has 188 valence electrons. The number of piperidine rings is 1. The zero-order chi connectivity index (χ0) is 25.3. The van der Waals surface area contributed by atoms with Gasteiger partial charge in [0.1, 0.15) is 17.7 Å². The van der Waals surface area contributed by atoms with Crippen LogP contribution in [0.4, 0.5) is 24.7 Å². The average Bonchev–Trinajstić information content (AvgIpc) is 3.27. The van der Waals surface area contributed by atoms with Gasteiger partial charge in [0.25, 0.3) is 0 Å². The van der Waals surface area contributed by atoms with Crippen molar-refractivity contribution in [1.29, 1.82) is 0 Å². The van der Waals surface area contributed by atoms with Crippen LogP contribution in [0.15, 0.2) is 49.2 Å². The lowest BCUT2D eigenvalue weighted by molar-refractivity contribution is -0.141. The number of hydrogen-bond acceptors (Lipinski definition) is 8. The van der Waals surface area contributed by atoms with Crippen molar-refractivity contribution in [3.05, 3.63) is 60.6 Å². The summed E-state index contributed by atoms with van der Waals surface area (Å²) in [6.07, 6.45) is 6.02. The number of hydrogen-bond donors (Lipinski definition) is 2. The molecule has 4 N–H and O–H groups in total. The normalized spacial score (nSPS) is 18.3. The van der Waals surface area contributed by atoms with Gasteiger partial charge in [-0.3, -0.25) is 4.98 Å². The van der Waals surface area contributed by atoms with Gasteiger partial charge in [-0.05, 0) is 48.7 Å². The fourth-order valence-electron chi connectivity index (χ4n) is 4.59. The molecule has 12 heteroatoms. The van der Waals surface area contributed by atoms with Crippen LogP contribution >= 0.6 is 0 Å². The van der Waals surface area contributed by atoms with Crippen molar-refractivity contribution >= 4 is 22.7 Å². The maximum atomic E-state index is 13.5. The second-order valence-electron chi connectivity index (χ2n) is 8.97. The minimum absolute atomic E-state index is 0.250.